The number of phenolic OH excluding ortho intramolecular Hbond substituents is 1. The van der Waals surface area contributed by atoms with Gasteiger partial charge in [0.25, 0.3) is 0 Å². The molecule has 11 atom stereocenters. The third-order valence-electron chi connectivity index (χ3n) is 12.6. The molecule has 1 aromatic carbocycles. The number of aromatic hydroxyl groups is 1. The number of benzene rings is 1. The fourth-order valence-corrected chi connectivity index (χ4v) is 7.68. The predicted molar refractivity (Wildman–Crippen MR) is 244 cm³/mol. The third kappa shape index (κ3) is 14.8. The van der Waals surface area contributed by atoms with Gasteiger partial charge in [-0.05, 0) is 68.1 Å². The first-order chi connectivity index (χ1) is 31.0. The maximum Gasteiger partial charge on any atom is 0.329 e. The van der Waals surface area contributed by atoms with Gasteiger partial charge in [-0.15, -0.1) is 0 Å². The van der Waals surface area contributed by atoms with E-state index in [2.05, 4.69) is 26.6 Å². The van der Waals surface area contributed by atoms with Crippen molar-refractivity contribution in [1.82, 2.24) is 36.4 Å². The molecular formula is C47H72N8O11. The topological polar surface area (TPSA) is 276 Å². The minimum atomic E-state index is -1.71. The van der Waals surface area contributed by atoms with Crippen molar-refractivity contribution in [3.63, 3.8) is 0 Å². The largest absolute Gasteiger partial charge is 0.508 e. The standard InChI is InChI=1S/C47H72N8O11/c1-11-26(6)37-47(65)66-29(9)38(53-41(59)32(20-21-36(48)57)49-40(58)28(8)13-3)44(62)51-34(23-25(4)5)42(60)50-33-15-14-22-55(45(33)63)39(27(7)12-2)46(64)54(10)35(43(61)52-37)24-30-16-18-31(56)19-17-30/h14,16-19,22,25-29,32-35,37-39,56H,11-13,15,20-21,23-24H2,1-10H3,(H2,48,57)(H,49,58)(H,50,60)(H,51,62)(H,52,61)(H,53,59)/t26?,27?,28?,29-,32+,33?,34+,35+,37+,38+,39+/m1/s1. The molecule has 0 aliphatic carbocycles. The summed E-state index contributed by atoms with van der Waals surface area (Å²) in [5.74, 6) is -8.49. The van der Waals surface area contributed by atoms with Gasteiger partial charge >= 0.3 is 5.97 Å². The van der Waals surface area contributed by atoms with Crippen LogP contribution in [0.2, 0.25) is 0 Å². The van der Waals surface area contributed by atoms with E-state index in [0.717, 1.165) is 0 Å². The highest BCUT2D eigenvalue weighted by Gasteiger charge is 2.44. The molecule has 2 aliphatic rings. The molecule has 8 amide bonds. The number of carbonyl (C=O) groups is 9. The number of cyclic esters (lactones) is 1. The second-order valence-corrected chi connectivity index (χ2v) is 18.2. The molecule has 1 aromatic rings. The van der Waals surface area contributed by atoms with Crippen LogP contribution in [0.4, 0.5) is 0 Å². The van der Waals surface area contributed by atoms with Gasteiger partial charge in [-0.2, -0.15) is 0 Å². The molecule has 3 rings (SSSR count). The van der Waals surface area contributed by atoms with Crippen LogP contribution in [-0.2, 0) is 54.3 Å². The molecule has 0 saturated carbocycles. The van der Waals surface area contributed by atoms with Gasteiger partial charge in [0.1, 0.15) is 54.1 Å². The number of nitrogens with one attached hydrogen (secondary N) is 5. The van der Waals surface area contributed by atoms with Crippen molar-refractivity contribution < 1.29 is 53.0 Å². The smallest absolute Gasteiger partial charge is 0.329 e. The lowest BCUT2D eigenvalue weighted by atomic mass is 9.93. The van der Waals surface area contributed by atoms with Gasteiger partial charge in [-0.25, -0.2) is 4.79 Å². The maximum absolute atomic E-state index is 14.8. The lowest BCUT2D eigenvalue weighted by Crippen LogP contribution is -2.62. The van der Waals surface area contributed by atoms with Crippen molar-refractivity contribution in [2.45, 2.75) is 162 Å². The highest BCUT2D eigenvalue weighted by atomic mass is 16.5. The zero-order valence-electron chi connectivity index (χ0n) is 40.1. The summed E-state index contributed by atoms with van der Waals surface area (Å²) in [6.07, 6.45) is 2.43. The fourth-order valence-electron chi connectivity index (χ4n) is 7.68. The van der Waals surface area contributed by atoms with E-state index in [0.29, 0.717) is 24.8 Å². The summed E-state index contributed by atoms with van der Waals surface area (Å²) in [5, 5.41) is 23.4. The van der Waals surface area contributed by atoms with Crippen LogP contribution in [0.3, 0.4) is 0 Å². The first-order valence-electron chi connectivity index (χ1n) is 23.1. The van der Waals surface area contributed by atoms with Crippen molar-refractivity contribution >= 4 is 53.2 Å². The van der Waals surface area contributed by atoms with E-state index in [9.17, 15) is 48.3 Å². The lowest BCUT2D eigenvalue weighted by Gasteiger charge is -2.40. The van der Waals surface area contributed by atoms with Gasteiger partial charge in [0.05, 0.1) is 0 Å². The van der Waals surface area contributed by atoms with Gasteiger partial charge in [0, 0.05) is 32.0 Å². The molecule has 0 radical (unpaired) electrons. The zero-order valence-corrected chi connectivity index (χ0v) is 40.1. The summed E-state index contributed by atoms with van der Waals surface area (Å²) in [5.41, 5.74) is 5.97. The molecule has 19 heteroatoms. The number of ether oxygens (including phenoxy) is 1. The minimum Gasteiger partial charge on any atom is -0.508 e. The molecule has 2 bridgehead atoms. The molecule has 0 aromatic heterocycles. The van der Waals surface area contributed by atoms with Gasteiger partial charge < -0.3 is 52.0 Å². The van der Waals surface area contributed by atoms with Gasteiger partial charge in [-0.3, -0.25) is 38.4 Å². The van der Waals surface area contributed by atoms with Crippen LogP contribution in [-0.4, -0.2) is 124 Å². The number of primary amides is 1. The molecule has 1 saturated heterocycles. The number of esters is 1. The van der Waals surface area contributed by atoms with Crippen LogP contribution >= 0.6 is 0 Å². The molecule has 4 unspecified atom stereocenters. The Bertz CT molecular complexity index is 1940. The summed E-state index contributed by atoms with van der Waals surface area (Å²) < 4.78 is 5.93. The van der Waals surface area contributed by atoms with E-state index in [-0.39, 0.29) is 43.8 Å². The van der Waals surface area contributed by atoms with Crippen molar-refractivity contribution in [2.24, 2.45) is 29.4 Å². The number of phenols is 1. The van der Waals surface area contributed by atoms with Crippen molar-refractivity contribution in [1.29, 1.82) is 0 Å². The van der Waals surface area contributed by atoms with Crippen LogP contribution in [0, 0.1) is 23.7 Å². The zero-order chi connectivity index (χ0) is 49.6. The SMILES string of the molecule is CCC(C)C(=O)N[C@@H](CCC(N)=O)C(=O)N[C@@H]1C(=O)N[C@@H](CC(C)C)C(=O)NC2CC=CN(C2=O)[C@@H](C(C)CC)C(=O)N(C)[C@@H](Cc2ccc(O)cc2)C(=O)N[C@@H](C(C)CC)C(=O)O[C@@H]1C. The van der Waals surface area contributed by atoms with E-state index in [1.165, 1.54) is 42.1 Å². The molecule has 66 heavy (non-hydrogen) atoms. The predicted octanol–water partition coefficient (Wildman–Crippen LogP) is 1.70. The van der Waals surface area contributed by atoms with Crippen LogP contribution in [0.1, 0.15) is 113 Å². The van der Waals surface area contributed by atoms with E-state index in [1.54, 1.807) is 52.8 Å². The number of amides is 8. The Morgan fingerprint density at radius 2 is 1.48 bits per heavy atom. The number of rotatable bonds is 16. The number of likely N-dealkylation sites (N-methyl/N-ethyl adjacent to an activating group) is 1. The quantitative estimate of drug-likeness (QED) is 0.117. The molecule has 366 valence electrons. The van der Waals surface area contributed by atoms with Crippen molar-refractivity contribution in [3.8, 4) is 5.75 Å². The van der Waals surface area contributed by atoms with Gasteiger partial charge in [-0.1, -0.05) is 86.4 Å². The van der Waals surface area contributed by atoms with Crippen LogP contribution < -0.4 is 32.3 Å². The average Bonchev–Trinajstić information content (AvgIpc) is 3.27. The Labute approximate surface area is 388 Å². The molecular weight excluding hydrogens is 853 g/mol. The van der Waals surface area contributed by atoms with Crippen LogP contribution in [0.5, 0.6) is 5.75 Å². The molecule has 8 N–H and O–H groups in total. The Hall–Kier alpha value is -6.01. The molecule has 2 heterocycles. The van der Waals surface area contributed by atoms with Crippen molar-refractivity contribution in [2.75, 3.05) is 7.05 Å². The normalized spacial score (nSPS) is 25.5. The Kier molecular flexibility index (Phi) is 20.6. The van der Waals surface area contributed by atoms with Crippen molar-refractivity contribution in [3.05, 3.63) is 42.1 Å². The summed E-state index contributed by atoms with van der Waals surface area (Å²) >= 11 is 0. The number of nitrogens with zero attached hydrogens (tertiary/aromatic N) is 2. The summed E-state index contributed by atoms with van der Waals surface area (Å²) in [4.78, 5) is 128. The van der Waals surface area contributed by atoms with E-state index >= 15 is 0 Å². The lowest BCUT2D eigenvalue weighted by molar-refractivity contribution is -0.158. The Morgan fingerprint density at radius 1 is 0.848 bits per heavy atom. The van der Waals surface area contributed by atoms with Gasteiger partial charge in [0.2, 0.25) is 47.3 Å². The monoisotopic (exact) mass is 925 g/mol. The maximum atomic E-state index is 14.8. The number of carbonyl (C=O) groups excluding carboxylic acids is 9. The van der Waals surface area contributed by atoms with E-state index in [1.807, 2.05) is 20.8 Å². The molecule has 19 nitrogen and oxygen atoms in total. The highest BCUT2D eigenvalue weighted by Crippen LogP contribution is 2.25. The highest BCUT2D eigenvalue weighted by molar-refractivity contribution is 5.99. The van der Waals surface area contributed by atoms with E-state index in [4.69, 9.17) is 10.5 Å². The minimum absolute atomic E-state index is 0.0218. The van der Waals surface area contributed by atoms with Gasteiger partial charge in [0.15, 0.2) is 0 Å². The Morgan fingerprint density at radius 3 is 2.06 bits per heavy atom. The number of hydrogen-bond acceptors (Lipinski definition) is 11. The Balaban J connectivity index is 2.25. The second kappa shape index (κ2) is 25.0. The van der Waals surface area contributed by atoms with E-state index < -0.39 is 119 Å². The molecule has 0 spiro atoms. The number of nitrogens with two attached hydrogens (primary N) is 1. The molecule has 1 fully saturated rings. The third-order valence-corrected chi connectivity index (χ3v) is 12.6. The fraction of sp³-hybridized carbons (Fsp3) is 0.638. The summed E-state index contributed by atoms with van der Waals surface area (Å²) in [6.45, 7) is 15.5. The first kappa shape index (κ1) is 54.3. The van der Waals surface area contributed by atoms with Crippen LogP contribution in [0.25, 0.3) is 0 Å². The molecule has 2 aliphatic heterocycles. The second-order valence-electron chi connectivity index (χ2n) is 18.2. The van der Waals surface area contributed by atoms with Crippen LogP contribution in [0.15, 0.2) is 36.5 Å². The number of hydrogen-bond donors (Lipinski definition) is 7. The first-order valence-corrected chi connectivity index (χ1v) is 23.1. The summed E-state index contributed by atoms with van der Waals surface area (Å²) in [7, 11) is 1.43. The summed E-state index contributed by atoms with van der Waals surface area (Å²) in [6, 6.07) is -3.22. The average molecular weight is 925 g/mol. The number of fused-ring (bicyclic) bond motifs is 2.